The normalized spacial score (nSPS) is 19.1. The smallest absolute Gasteiger partial charge is 0.0683 e. The summed E-state index contributed by atoms with van der Waals surface area (Å²) in [6, 6.07) is 4.13. The summed E-state index contributed by atoms with van der Waals surface area (Å²) in [4.78, 5) is 6.88. The van der Waals surface area contributed by atoms with Gasteiger partial charge in [0.15, 0.2) is 0 Å². The average molecular weight is 282 g/mol. The Kier molecular flexibility index (Phi) is 3.19. The molecule has 1 fully saturated rings. The lowest BCUT2D eigenvalue weighted by atomic mass is 9.93. The van der Waals surface area contributed by atoms with Gasteiger partial charge in [-0.25, -0.2) is 0 Å². The number of hydrogen-bond acceptors (Lipinski definition) is 4. The van der Waals surface area contributed by atoms with Crippen molar-refractivity contribution >= 4 is 22.1 Å². The molecule has 0 atom stereocenters. The van der Waals surface area contributed by atoms with Crippen molar-refractivity contribution in [3.63, 3.8) is 0 Å². The largest absolute Gasteiger partial charge is 0.397 e. The van der Waals surface area contributed by atoms with Crippen LogP contribution in [0.15, 0.2) is 24.5 Å². The second kappa shape index (κ2) is 5.19. The molecular weight excluding hydrogens is 260 g/mol. The minimum Gasteiger partial charge on any atom is -0.397 e. The number of piperidine rings is 1. The van der Waals surface area contributed by atoms with E-state index in [0.29, 0.717) is 0 Å². The van der Waals surface area contributed by atoms with Crippen LogP contribution in [-0.2, 0) is 6.42 Å². The van der Waals surface area contributed by atoms with E-state index in [2.05, 4.69) is 21.3 Å². The third kappa shape index (κ3) is 2.23. The Balaban J connectivity index is 1.74. The fourth-order valence-corrected chi connectivity index (χ4v) is 3.80. The number of nitrogens with one attached hydrogen (secondary N) is 1. The predicted molar refractivity (Wildman–Crippen MR) is 87.7 cm³/mol. The maximum Gasteiger partial charge on any atom is 0.0683 e. The number of benzene rings is 1. The third-order valence-electron chi connectivity index (χ3n) is 4.91. The molecular formula is C17H22N4. The van der Waals surface area contributed by atoms with Gasteiger partial charge in [0.25, 0.3) is 0 Å². The Labute approximate surface area is 125 Å². The summed E-state index contributed by atoms with van der Waals surface area (Å²) < 4.78 is 0. The zero-order valence-corrected chi connectivity index (χ0v) is 12.3. The molecule has 0 aliphatic carbocycles. The second-order valence-electron chi connectivity index (χ2n) is 6.29. The van der Waals surface area contributed by atoms with Crippen molar-refractivity contribution in [3.05, 3.63) is 30.1 Å². The number of rotatable bonds is 2. The summed E-state index contributed by atoms with van der Waals surface area (Å²) in [5.74, 6) is 0.782. The Morgan fingerprint density at radius 1 is 1.24 bits per heavy atom. The van der Waals surface area contributed by atoms with Crippen molar-refractivity contribution in [2.75, 3.05) is 36.8 Å². The maximum absolute atomic E-state index is 6.32. The lowest BCUT2D eigenvalue weighted by molar-refractivity contribution is 0.373. The number of hydrogen-bond donors (Lipinski definition) is 2. The highest BCUT2D eigenvalue weighted by molar-refractivity contribution is 6.02. The molecule has 3 heterocycles. The van der Waals surface area contributed by atoms with E-state index in [9.17, 15) is 0 Å². The maximum atomic E-state index is 6.32. The molecule has 0 unspecified atom stereocenters. The molecule has 1 aromatic heterocycles. The molecule has 2 aliphatic rings. The van der Waals surface area contributed by atoms with Gasteiger partial charge in [0.2, 0.25) is 0 Å². The van der Waals surface area contributed by atoms with E-state index in [1.54, 1.807) is 0 Å². The van der Waals surface area contributed by atoms with Crippen LogP contribution in [0.2, 0.25) is 0 Å². The van der Waals surface area contributed by atoms with Gasteiger partial charge in [-0.2, -0.15) is 0 Å². The van der Waals surface area contributed by atoms with Crippen LogP contribution in [0.25, 0.3) is 10.8 Å². The number of nitrogens with two attached hydrogens (primary N) is 1. The Hall–Kier alpha value is -1.81. The van der Waals surface area contributed by atoms with Crippen molar-refractivity contribution in [3.8, 4) is 0 Å². The molecule has 4 rings (SSSR count). The number of aromatic nitrogens is 1. The SMILES string of the molecule is Nc1ccc2cncc3c2c1N(CC1CCNCC1)CC3. The van der Waals surface area contributed by atoms with E-state index in [4.69, 9.17) is 5.73 Å². The second-order valence-corrected chi connectivity index (χ2v) is 6.29. The third-order valence-corrected chi connectivity index (χ3v) is 4.91. The molecule has 0 amide bonds. The Morgan fingerprint density at radius 3 is 2.95 bits per heavy atom. The molecule has 2 aliphatic heterocycles. The van der Waals surface area contributed by atoms with Crippen molar-refractivity contribution in [1.29, 1.82) is 0 Å². The quantitative estimate of drug-likeness (QED) is 0.829. The van der Waals surface area contributed by atoms with Gasteiger partial charge in [-0.3, -0.25) is 4.98 Å². The first-order valence-electron chi connectivity index (χ1n) is 7.93. The van der Waals surface area contributed by atoms with E-state index in [0.717, 1.165) is 44.2 Å². The monoisotopic (exact) mass is 282 g/mol. The van der Waals surface area contributed by atoms with Crippen molar-refractivity contribution < 1.29 is 0 Å². The van der Waals surface area contributed by atoms with Gasteiger partial charge in [0, 0.05) is 36.3 Å². The average Bonchev–Trinajstić information content (AvgIpc) is 2.53. The van der Waals surface area contributed by atoms with Crippen molar-refractivity contribution in [1.82, 2.24) is 10.3 Å². The first kappa shape index (κ1) is 12.9. The predicted octanol–water partition coefficient (Wildman–Crippen LogP) is 2.18. The van der Waals surface area contributed by atoms with Crippen LogP contribution < -0.4 is 16.0 Å². The lowest BCUT2D eigenvalue weighted by Gasteiger charge is -2.36. The molecule has 0 saturated carbocycles. The van der Waals surface area contributed by atoms with Gasteiger partial charge in [-0.1, -0.05) is 6.07 Å². The zero-order valence-electron chi connectivity index (χ0n) is 12.3. The number of pyridine rings is 1. The molecule has 4 nitrogen and oxygen atoms in total. The molecule has 4 heteroatoms. The van der Waals surface area contributed by atoms with Crippen LogP contribution >= 0.6 is 0 Å². The fourth-order valence-electron chi connectivity index (χ4n) is 3.80. The van der Waals surface area contributed by atoms with E-state index in [1.165, 1.54) is 34.9 Å². The van der Waals surface area contributed by atoms with E-state index >= 15 is 0 Å². The minimum absolute atomic E-state index is 0.782. The fraction of sp³-hybridized carbons (Fsp3) is 0.471. The summed E-state index contributed by atoms with van der Waals surface area (Å²) in [5.41, 5.74) is 9.82. The molecule has 21 heavy (non-hydrogen) atoms. The zero-order chi connectivity index (χ0) is 14.2. The van der Waals surface area contributed by atoms with Crippen LogP contribution in [0.1, 0.15) is 18.4 Å². The molecule has 0 bridgehead atoms. The van der Waals surface area contributed by atoms with Gasteiger partial charge in [-0.15, -0.1) is 0 Å². The van der Waals surface area contributed by atoms with Crippen LogP contribution in [0, 0.1) is 5.92 Å². The first-order valence-corrected chi connectivity index (χ1v) is 7.93. The van der Waals surface area contributed by atoms with E-state index in [-0.39, 0.29) is 0 Å². The number of nitrogen functional groups attached to an aromatic ring is 1. The highest BCUT2D eigenvalue weighted by Gasteiger charge is 2.24. The molecule has 1 saturated heterocycles. The molecule has 0 radical (unpaired) electrons. The minimum atomic E-state index is 0.782. The van der Waals surface area contributed by atoms with Gasteiger partial charge in [-0.05, 0) is 49.9 Å². The standard InChI is InChI=1S/C17H22N4/c18-15-2-1-13-9-20-10-14-5-8-21(17(15)16(13)14)11-12-3-6-19-7-4-12/h1-2,9-10,12,19H,3-8,11,18H2. The van der Waals surface area contributed by atoms with Crippen LogP contribution in [-0.4, -0.2) is 31.2 Å². The highest BCUT2D eigenvalue weighted by atomic mass is 15.1. The Morgan fingerprint density at radius 2 is 2.10 bits per heavy atom. The van der Waals surface area contributed by atoms with Crippen molar-refractivity contribution in [2.45, 2.75) is 19.3 Å². The van der Waals surface area contributed by atoms with Gasteiger partial charge in [0.1, 0.15) is 0 Å². The summed E-state index contributed by atoms with van der Waals surface area (Å²) in [5, 5.41) is 5.99. The molecule has 2 aromatic rings. The molecule has 3 N–H and O–H groups in total. The number of anilines is 2. The van der Waals surface area contributed by atoms with Gasteiger partial charge >= 0.3 is 0 Å². The topological polar surface area (TPSA) is 54.2 Å². The molecule has 0 spiro atoms. The summed E-state index contributed by atoms with van der Waals surface area (Å²) >= 11 is 0. The van der Waals surface area contributed by atoms with Crippen molar-refractivity contribution in [2.24, 2.45) is 5.92 Å². The van der Waals surface area contributed by atoms with E-state index in [1.807, 2.05) is 18.5 Å². The van der Waals surface area contributed by atoms with Gasteiger partial charge < -0.3 is 16.0 Å². The first-order chi connectivity index (χ1) is 10.3. The van der Waals surface area contributed by atoms with Crippen LogP contribution in [0.5, 0.6) is 0 Å². The Bertz CT molecular complexity index is 661. The number of nitrogens with zero attached hydrogens (tertiary/aromatic N) is 2. The van der Waals surface area contributed by atoms with Gasteiger partial charge in [0.05, 0.1) is 11.4 Å². The van der Waals surface area contributed by atoms with E-state index < -0.39 is 0 Å². The van der Waals surface area contributed by atoms with Crippen LogP contribution in [0.4, 0.5) is 11.4 Å². The van der Waals surface area contributed by atoms with Crippen LogP contribution in [0.3, 0.4) is 0 Å². The summed E-state index contributed by atoms with van der Waals surface area (Å²) in [7, 11) is 0. The lowest BCUT2D eigenvalue weighted by Crippen LogP contribution is -2.38. The molecule has 1 aromatic carbocycles. The molecule has 110 valence electrons. The summed E-state index contributed by atoms with van der Waals surface area (Å²) in [6.07, 6.45) is 7.58. The summed E-state index contributed by atoms with van der Waals surface area (Å²) in [6.45, 7) is 4.50. The highest BCUT2D eigenvalue weighted by Crippen LogP contribution is 2.38.